The Balaban J connectivity index is 1.70. The number of allylic oxidation sites excluding steroid dienone is 2. The Kier molecular flexibility index (Phi) is 3.94. The number of anilines is 1. The summed E-state index contributed by atoms with van der Waals surface area (Å²) in [4.78, 5) is 37.3. The molecule has 5 nitrogen and oxygen atoms in total. The summed E-state index contributed by atoms with van der Waals surface area (Å²) in [6.07, 6.45) is 4.65. The van der Waals surface area contributed by atoms with Crippen molar-refractivity contribution in [2.45, 2.75) is 12.8 Å². The summed E-state index contributed by atoms with van der Waals surface area (Å²) < 4.78 is 26.6. The van der Waals surface area contributed by atoms with Crippen LogP contribution in [0.5, 0.6) is 0 Å². The quantitative estimate of drug-likeness (QED) is 0.683. The number of imide groups is 1. The monoisotopic (exact) mass is 320 g/mol. The molecule has 1 fully saturated rings. The molecule has 1 aromatic rings. The van der Waals surface area contributed by atoms with Crippen LogP contribution in [-0.2, 0) is 14.4 Å². The van der Waals surface area contributed by atoms with E-state index in [-0.39, 0.29) is 17.5 Å². The number of nitrogens with zero attached hydrogens (tertiary/aromatic N) is 1. The second-order valence-corrected chi connectivity index (χ2v) is 5.59. The van der Waals surface area contributed by atoms with Gasteiger partial charge in [-0.3, -0.25) is 19.3 Å². The minimum Gasteiger partial charge on any atom is -0.322 e. The highest BCUT2D eigenvalue weighted by molar-refractivity contribution is 6.08. The van der Waals surface area contributed by atoms with Crippen molar-refractivity contribution in [2.24, 2.45) is 11.8 Å². The van der Waals surface area contributed by atoms with Crippen LogP contribution in [0.1, 0.15) is 12.8 Å². The lowest BCUT2D eigenvalue weighted by Crippen LogP contribution is -2.38. The van der Waals surface area contributed by atoms with Crippen LogP contribution in [0.2, 0.25) is 0 Å². The molecule has 7 heteroatoms. The van der Waals surface area contributed by atoms with Crippen LogP contribution in [0, 0.1) is 23.5 Å². The number of rotatable bonds is 3. The predicted molar refractivity (Wildman–Crippen MR) is 77.1 cm³/mol. The van der Waals surface area contributed by atoms with Gasteiger partial charge in [0.2, 0.25) is 17.7 Å². The summed E-state index contributed by atoms with van der Waals surface area (Å²) in [5.74, 6) is -3.87. The van der Waals surface area contributed by atoms with Gasteiger partial charge in [0.05, 0.1) is 17.5 Å². The Morgan fingerprint density at radius 2 is 1.74 bits per heavy atom. The number of carbonyl (C=O) groups is 3. The van der Waals surface area contributed by atoms with Crippen molar-refractivity contribution in [1.82, 2.24) is 4.90 Å². The summed E-state index contributed by atoms with van der Waals surface area (Å²) in [5.41, 5.74) is -0.326. The maximum absolute atomic E-state index is 13.5. The van der Waals surface area contributed by atoms with E-state index >= 15 is 0 Å². The number of benzene rings is 1. The molecule has 0 aromatic heterocycles. The van der Waals surface area contributed by atoms with Gasteiger partial charge in [-0.05, 0) is 25.0 Å². The normalized spacial score (nSPS) is 23.1. The minimum atomic E-state index is -0.795. The van der Waals surface area contributed by atoms with Crippen LogP contribution in [-0.4, -0.2) is 29.2 Å². The van der Waals surface area contributed by atoms with Gasteiger partial charge in [-0.2, -0.15) is 0 Å². The molecule has 1 saturated heterocycles. The summed E-state index contributed by atoms with van der Waals surface area (Å²) in [6, 6.07) is 2.65. The standard InChI is InChI=1S/C16H14F2N2O3/c17-9-5-6-12(18)13(7-9)19-14(21)8-20-15(22)10-3-1-2-4-11(10)16(20)23/h1-2,5-7,10-11H,3-4,8H2,(H,19,21)/t10-,11+. The Hall–Kier alpha value is -2.57. The number of carbonyl (C=O) groups excluding carboxylic acids is 3. The van der Waals surface area contributed by atoms with Gasteiger partial charge in [-0.15, -0.1) is 0 Å². The van der Waals surface area contributed by atoms with Gasteiger partial charge < -0.3 is 5.32 Å². The zero-order valence-electron chi connectivity index (χ0n) is 12.1. The SMILES string of the molecule is O=C(CN1C(=O)[C@H]2CC=CC[C@H]2C1=O)Nc1cc(F)ccc1F. The van der Waals surface area contributed by atoms with E-state index in [0.29, 0.717) is 12.8 Å². The number of halogens is 2. The van der Waals surface area contributed by atoms with Crippen molar-refractivity contribution in [1.29, 1.82) is 0 Å². The molecule has 3 rings (SSSR count). The van der Waals surface area contributed by atoms with E-state index in [9.17, 15) is 23.2 Å². The van der Waals surface area contributed by atoms with Crippen LogP contribution in [0.25, 0.3) is 0 Å². The van der Waals surface area contributed by atoms with Crippen molar-refractivity contribution in [3.8, 4) is 0 Å². The number of nitrogens with one attached hydrogen (secondary N) is 1. The van der Waals surface area contributed by atoms with Gasteiger partial charge in [-0.25, -0.2) is 8.78 Å². The molecule has 0 unspecified atom stereocenters. The number of hydrogen-bond donors (Lipinski definition) is 1. The van der Waals surface area contributed by atoms with E-state index in [1.54, 1.807) is 0 Å². The topological polar surface area (TPSA) is 66.5 Å². The lowest BCUT2D eigenvalue weighted by atomic mass is 9.85. The van der Waals surface area contributed by atoms with E-state index in [1.165, 1.54) is 0 Å². The smallest absolute Gasteiger partial charge is 0.244 e. The van der Waals surface area contributed by atoms with Gasteiger partial charge in [0.25, 0.3) is 0 Å². The zero-order valence-corrected chi connectivity index (χ0v) is 12.1. The molecule has 1 aliphatic heterocycles. The van der Waals surface area contributed by atoms with Gasteiger partial charge in [-0.1, -0.05) is 12.2 Å². The second-order valence-electron chi connectivity index (χ2n) is 5.59. The van der Waals surface area contributed by atoms with E-state index in [0.717, 1.165) is 23.1 Å². The van der Waals surface area contributed by atoms with Crippen molar-refractivity contribution in [3.05, 3.63) is 42.0 Å². The summed E-state index contributed by atoms with van der Waals surface area (Å²) in [5, 5.41) is 2.18. The molecule has 1 aromatic carbocycles. The Labute approximate surface area is 131 Å². The number of hydrogen-bond acceptors (Lipinski definition) is 3. The fraction of sp³-hybridized carbons (Fsp3) is 0.312. The third-order valence-electron chi connectivity index (χ3n) is 4.10. The van der Waals surface area contributed by atoms with Crippen LogP contribution >= 0.6 is 0 Å². The van der Waals surface area contributed by atoms with Crippen molar-refractivity contribution < 1.29 is 23.2 Å². The van der Waals surface area contributed by atoms with E-state index in [1.807, 2.05) is 12.2 Å². The fourth-order valence-corrected chi connectivity index (χ4v) is 2.95. The molecule has 3 amide bonds. The van der Waals surface area contributed by atoms with E-state index in [2.05, 4.69) is 5.32 Å². The number of amides is 3. The van der Waals surface area contributed by atoms with Crippen LogP contribution in [0.15, 0.2) is 30.4 Å². The van der Waals surface area contributed by atoms with Gasteiger partial charge in [0.15, 0.2) is 0 Å². The summed E-state index contributed by atoms with van der Waals surface area (Å²) in [6.45, 7) is -0.499. The molecular formula is C16H14F2N2O3. The second kappa shape index (κ2) is 5.91. The highest BCUT2D eigenvalue weighted by Gasteiger charge is 2.47. The van der Waals surface area contributed by atoms with Crippen molar-refractivity contribution >= 4 is 23.4 Å². The fourth-order valence-electron chi connectivity index (χ4n) is 2.95. The molecule has 120 valence electrons. The highest BCUT2D eigenvalue weighted by Crippen LogP contribution is 2.34. The first-order chi connectivity index (χ1) is 11.0. The molecule has 2 aliphatic rings. The lowest BCUT2D eigenvalue weighted by molar-refractivity contribution is -0.142. The van der Waals surface area contributed by atoms with Crippen LogP contribution < -0.4 is 5.32 Å². The van der Waals surface area contributed by atoms with Crippen LogP contribution in [0.4, 0.5) is 14.5 Å². The maximum atomic E-state index is 13.5. The molecule has 0 radical (unpaired) electrons. The third-order valence-corrected chi connectivity index (χ3v) is 4.10. The maximum Gasteiger partial charge on any atom is 0.244 e. The van der Waals surface area contributed by atoms with Gasteiger partial charge in [0, 0.05) is 6.07 Å². The largest absolute Gasteiger partial charge is 0.322 e. The molecule has 0 spiro atoms. The highest BCUT2D eigenvalue weighted by atomic mass is 19.1. The van der Waals surface area contributed by atoms with Crippen molar-refractivity contribution in [3.63, 3.8) is 0 Å². The molecule has 1 aliphatic carbocycles. The lowest BCUT2D eigenvalue weighted by Gasteiger charge is -2.14. The Bertz CT molecular complexity index is 691. The van der Waals surface area contributed by atoms with E-state index < -0.39 is 35.9 Å². The predicted octanol–water partition coefficient (Wildman–Crippen LogP) is 1.85. The Morgan fingerprint density at radius 1 is 1.13 bits per heavy atom. The first-order valence-corrected chi connectivity index (χ1v) is 7.22. The molecule has 1 heterocycles. The summed E-state index contributed by atoms with van der Waals surface area (Å²) in [7, 11) is 0. The molecule has 23 heavy (non-hydrogen) atoms. The van der Waals surface area contributed by atoms with Crippen molar-refractivity contribution in [2.75, 3.05) is 11.9 Å². The molecular weight excluding hydrogens is 306 g/mol. The van der Waals surface area contributed by atoms with Crippen LogP contribution in [0.3, 0.4) is 0 Å². The first-order valence-electron chi connectivity index (χ1n) is 7.22. The molecule has 0 bridgehead atoms. The van der Waals surface area contributed by atoms with E-state index in [4.69, 9.17) is 0 Å². The molecule has 0 saturated carbocycles. The Morgan fingerprint density at radius 3 is 2.35 bits per heavy atom. The van der Waals surface area contributed by atoms with Gasteiger partial charge >= 0.3 is 0 Å². The molecule has 2 atom stereocenters. The average molecular weight is 320 g/mol. The zero-order chi connectivity index (χ0) is 16.6. The average Bonchev–Trinajstić information content (AvgIpc) is 2.76. The third kappa shape index (κ3) is 2.86. The number of fused-ring (bicyclic) bond motifs is 1. The first kappa shape index (κ1) is 15.3. The molecule has 1 N–H and O–H groups in total. The number of likely N-dealkylation sites (tertiary alicyclic amines) is 1. The van der Waals surface area contributed by atoms with Gasteiger partial charge in [0.1, 0.15) is 18.2 Å². The minimum absolute atomic E-state index is 0.326. The summed E-state index contributed by atoms with van der Waals surface area (Å²) >= 11 is 0.